The summed E-state index contributed by atoms with van der Waals surface area (Å²) in [6, 6.07) is 0. The Morgan fingerprint density at radius 3 is 2.38 bits per heavy atom. The predicted octanol–water partition coefficient (Wildman–Crippen LogP) is 4.44. The maximum atomic E-state index is 5.70. The molecule has 0 amide bonds. The van der Waals surface area contributed by atoms with E-state index in [0.717, 1.165) is 13.0 Å². The van der Waals surface area contributed by atoms with Gasteiger partial charge in [-0.3, -0.25) is 0 Å². The summed E-state index contributed by atoms with van der Waals surface area (Å²) in [6.45, 7) is 11.5. The fourth-order valence-corrected chi connectivity index (χ4v) is 2.28. The van der Waals surface area contributed by atoms with Gasteiger partial charge in [-0.1, -0.05) is 44.9 Å². The summed E-state index contributed by atoms with van der Waals surface area (Å²) in [5.74, 6) is 0.629. The van der Waals surface area contributed by atoms with Gasteiger partial charge in [0.1, 0.15) is 0 Å². The molecule has 0 saturated heterocycles. The molecule has 94 valence electrons. The molecule has 16 heavy (non-hydrogen) atoms. The largest absolute Gasteiger partial charge is 0.330 e. The van der Waals surface area contributed by atoms with Crippen molar-refractivity contribution in [1.29, 1.82) is 0 Å². The van der Waals surface area contributed by atoms with Gasteiger partial charge in [0.25, 0.3) is 0 Å². The topological polar surface area (TPSA) is 26.0 Å². The van der Waals surface area contributed by atoms with E-state index in [9.17, 15) is 0 Å². The third-order valence-electron chi connectivity index (χ3n) is 3.21. The third kappa shape index (κ3) is 5.50. The van der Waals surface area contributed by atoms with Gasteiger partial charge >= 0.3 is 0 Å². The lowest BCUT2D eigenvalue weighted by atomic mass is 9.87. The fraction of sp³-hybridized carbons (Fsp3) is 0.733. The molecule has 0 aromatic rings. The van der Waals surface area contributed by atoms with Crippen LogP contribution in [0.4, 0.5) is 0 Å². The lowest BCUT2D eigenvalue weighted by Gasteiger charge is -2.19. The first-order valence-corrected chi connectivity index (χ1v) is 6.73. The van der Waals surface area contributed by atoms with Gasteiger partial charge in [0.2, 0.25) is 0 Å². The Morgan fingerprint density at radius 1 is 1.25 bits per heavy atom. The molecule has 0 aliphatic heterocycles. The van der Waals surface area contributed by atoms with Crippen molar-refractivity contribution in [3.05, 3.63) is 23.8 Å². The smallest absolute Gasteiger partial charge is 0.00714 e. The minimum absolute atomic E-state index is 0.629. The molecule has 1 atom stereocenters. The molecule has 1 nitrogen and oxygen atoms in total. The Hall–Kier alpha value is -0.560. The zero-order valence-electron chi connectivity index (χ0n) is 11.4. The van der Waals surface area contributed by atoms with Gasteiger partial charge in [0.15, 0.2) is 0 Å². The van der Waals surface area contributed by atoms with Gasteiger partial charge in [-0.25, -0.2) is 0 Å². The maximum Gasteiger partial charge on any atom is -0.00714 e. The highest BCUT2D eigenvalue weighted by Gasteiger charge is 2.12. The van der Waals surface area contributed by atoms with Gasteiger partial charge in [-0.15, -0.1) is 0 Å². The quantitative estimate of drug-likeness (QED) is 0.574. The van der Waals surface area contributed by atoms with Crippen LogP contribution in [0.25, 0.3) is 0 Å². The highest BCUT2D eigenvalue weighted by molar-refractivity contribution is 5.25. The lowest BCUT2D eigenvalue weighted by molar-refractivity contribution is 0.520. The Bertz CT molecular complexity index is 209. The summed E-state index contributed by atoms with van der Waals surface area (Å²) in [6.07, 6.45) is 9.37. The van der Waals surface area contributed by atoms with Crippen LogP contribution >= 0.6 is 0 Å². The van der Waals surface area contributed by atoms with E-state index in [2.05, 4.69) is 33.4 Å². The predicted molar refractivity (Wildman–Crippen MR) is 74.5 cm³/mol. The first-order valence-electron chi connectivity index (χ1n) is 6.73. The molecule has 2 N–H and O–H groups in total. The van der Waals surface area contributed by atoms with Crippen LogP contribution < -0.4 is 5.73 Å². The molecule has 0 bridgehead atoms. The average Bonchev–Trinajstić information content (AvgIpc) is 2.28. The first kappa shape index (κ1) is 15.4. The number of unbranched alkanes of at least 4 members (excludes halogenated alkanes) is 1. The standard InChI is InChI=1S/C15H29N/c1-5-8-10-13(4)15(7-3)14(9-6-2)11-12-16/h7,14H,3,5-6,8-12,16H2,1-2,4H3/b15-13-. The van der Waals surface area contributed by atoms with Crippen molar-refractivity contribution >= 4 is 0 Å². The van der Waals surface area contributed by atoms with Crippen LogP contribution in [0.2, 0.25) is 0 Å². The summed E-state index contributed by atoms with van der Waals surface area (Å²) >= 11 is 0. The van der Waals surface area contributed by atoms with Gasteiger partial charge < -0.3 is 5.73 Å². The second-order valence-electron chi connectivity index (χ2n) is 4.61. The summed E-state index contributed by atoms with van der Waals surface area (Å²) in [5.41, 5.74) is 8.67. The van der Waals surface area contributed by atoms with Crippen molar-refractivity contribution in [2.24, 2.45) is 11.7 Å². The minimum atomic E-state index is 0.629. The molecule has 0 fully saturated rings. The summed E-state index contributed by atoms with van der Waals surface area (Å²) in [7, 11) is 0. The Kier molecular flexibility index (Phi) is 9.31. The van der Waals surface area contributed by atoms with Crippen molar-refractivity contribution in [2.45, 2.75) is 59.3 Å². The maximum absolute atomic E-state index is 5.70. The van der Waals surface area contributed by atoms with Crippen LogP contribution in [0.1, 0.15) is 59.3 Å². The van der Waals surface area contributed by atoms with Gasteiger partial charge in [0, 0.05) is 0 Å². The Labute approximate surface area is 102 Å². The molecule has 0 aliphatic carbocycles. The molecular formula is C15H29N. The fourth-order valence-electron chi connectivity index (χ4n) is 2.28. The van der Waals surface area contributed by atoms with Crippen LogP contribution in [0.5, 0.6) is 0 Å². The van der Waals surface area contributed by atoms with Crippen LogP contribution in [-0.2, 0) is 0 Å². The number of hydrogen-bond donors (Lipinski definition) is 1. The summed E-state index contributed by atoms with van der Waals surface area (Å²) < 4.78 is 0. The lowest BCUT2D eigenvalue weighted by Crippen LogP contribution is -2.11. The van der Waals surface area contributed by atoms with E-state index in [1.54, 1.807) is 0 Å². The van der Waals surface area contributed by atoms with E-state index in [0.29, 0.717) is 5.92 Å². The molecule has 0 heterocycles. The van der Waals surface area contributed by atoms with E-state index in [4.69, 9.17) is 5.73 Å². The monoisotopic (exact) mass is 223 g/mol. The van der Waals surface area contributed by atoms with Crippen LogP contribution in [-0.4, -0.2) is 6.54 Å². The van der Waals surface area contributed by atoms with Gasteiger partial charge in [0.05, 0.1) is 0 Å². The van der Waals surface area contributed by atoms with Crippen molar-refractivity contribution in [3.63, 3.8) is 0 Å². The second-order valence-corrected chi connectivity index (χ2v) is 4.61. The SMILES string of the molecule is C=C/C(=C(\C)CCCC)C(CCC)CCN. The zero-order chi connectivity index (χ0) is 12.4. The highest BCUT2D eigenvalue weighted by Crippen LogP contribution is 2.26. The van der Waals surface area contributed by atoms with E-state index in [-0.39, 0.29) is 0 Å². The summed E-state index contributed by atoms with van der Waals surface area (Å²) in [4.78, 5) is 0. The van der Waals surface area contributed by atoms with Crippen molar-refractivity contribution in [3.8, 4) is 0 Å². The van der Waals surface area contributed by atoms with Crippen LogP contribution in [0.3, 0.4) is 0 Å². The van der Waals surface area contributed by atoms with Crippen molar-refractivity contribution in [1.82, 2.24) is 0 Å². The van der Waals surface area contributed by atoms with Crippen molar-refractivity contribution < 1.29 is 0 Å². The molecule has 0 rings (SSSR count). The molecule has 0 spiro atoms. The van der Waals surface area contributed by atoms with E-state index in [1.807, 2.05) is 0 Å². The highest BCUT2D eigenvalue weighted by atomic mass is 14.5. The zero-order valence-corrected chi connectivity index (χ0v) is 11.4. The average molecular weight is 223 g/mol. The summed E-state index contributed by atoms with van der Waals surface area (Å²) in [5, 5.41) is 0. The Morgan fingerprint density at radius 2 is 1.94 bits per heavy atom. The number of rotatable bonds is 9. The molecular weight excluding hydrogens is 194 g/mol. The normalized spacial score (nSPS) is 14.5. The molecule has 1 unspecified atom stereocenters. The van der Waals surface area contributed by atoms with Gasteiger partial charge in [-0.05, 0) is 50.6 Å². The molecule has 0 aromatic carbocycles. The van der Waals surface area contributed by atoms with Gasteiger partial charge in [-0.2, -0.15) is 0 Å². The van der Waals surface area contributed by atoms with E-state index < -0.39 is 0 Å². The number of allylic oxidation sites excluding steroid dienone is 3. The molecule has 1 heteroatoms. The van der Waals surface area contributed by atoms with Crippen molar-refractivity contribution in [2.75, 3.05) is 6.54 Å². The van der Waals surface area contributed by atoms with Crippen LogP contribution in [0.15, 0.2) is 23.8 Å². The molecule has 0 aromatic heterocycles. The third-order valence-corrected chi connectivity index (χ3v) is 3.21. The van der Waals surface area contributed by atoms with E-state index in [1.165, 1.54) is 43.3 Å². The minimum Gasteiger partial charge on any atom is -0.330 e. The molecule has 0 radical (unpaired) electrons. The Balaban J connectivity index is 4.66. The number of nitrogens with two attached hydrogens (primary N) is 1. The van der Waals surface area contributed by atoms with E-state index >= 15 is 0 Å². The molecule has 0 aliphatic rings. The molecule has 0 saturated carbocycles. The second kappa shape index (κ2) is 9.65. The number of hydrogen-bond acceptors (Lipinski definition) is 1. The van der Waals surface area contributed by atoms with Crippen LogP contribution in [0, 0.1) is 5.92 Å². The first-order chi connectivity index (χ1) is 7.71.